The van der Waals surface area contributed by atoms with Gasteiger partial charge in [-0.25, -0.2) is 0 Å². The molecule has 0 atom stereocenters. The third-order valence-electron chi connectivity index (χ3n) is 3.41. The maximum Gasteiger partial charge on any atom is 1.00 e. The van der Waals surface area contributed by atoms with Crippen LogP contribution in [-0.2, 0) is 0 Å². The van der Waals surface area contributed by atoms with Crippen molar-refractivity contribution in [1.29, 1.82) is 0 Å². The summed E-state index contributed by atoms with van der Waals surface area (Å²) in [6.07, 6.45) is 4.90. The Morgan fingerprint density at radius 2 is 1.45 bits per heavy atom. The average molecular weight is 259 g/mol. The molecule has 0 bridgehead atoms. The first kappa shape index (κ1) is 16.8. The molecule has 100 valence electrons. The molecule has 0 fully saturated rings. The zero-order valence-corrected chi connectivity index (χ0v) is 12.6. The Bertz CT molecular complexity index is 479. The van der Waals surface area contributed by atoms with Gasteiger partial charge in [0.2, 0.25) is 0 Å². The van der Waals surface area contributed by atoms with Crippen LogP contribution in [0.5, 0.6) is 0 Å². The summed E-state index contributed by atoms with van der Waals surface area (Å²) in [5.41, 5.74) is 9.21. The van der Waals surface area contributed by atoms with E-state index < -0.39 is 0 Å². The molecule has 2 aromatic rings. The smallest absolute Gasteiger partial charge is 0.400 e. The predicted molar refractivity (Wildman–Crippen MR) is 82.9 cm³/mol. The fourth-order valence-electron chi connectivity index (χ4n) is 2.33. The Kier molecular flexibility index (Phi) is 7.37. The van der Waals surface area contributed by atoms with E-state index in [1.54, 1.807) is 0 Å². The molecule has 2 rings (SSSR count). The van der Waals surface area contributed by atoms with Gasteiger partial charge in [0.1, 0.15) is 0 Å². The van der Waals surface area contributed by atoms with Crippen LogP contribution in [0.1, 0.15) is 43.7 Å². The van der Waals surface area contributed by atoms with Gasteiger partial charge < -0.3 is 5.73 Å². The van der Waals surface area contributed by atoms with Gasteiger partial charge in [-0.15, -0.1) is 41.3 Å². The first-order valence-corrected chi connectivity index (χ1v) is 7.08. The van der Waals surface area contributed by atoms with Crippen molar-refractivity contribution in [1.82, 2.24) is 0 Å². The zero-order chi connectivity index (χ0) is 13.5. The van der Waals surface area contributed by atoms with Crippen LogP contribution in [0.4, 0.5) is 5.69 Å². The second-order valence-corrected chi connectivity index (χ2v) is 4.92. The fraction of sp³-hybridized carbons (Fsp3) is 0.278. The molecule has 0 aromatic heterocycles. The van der Waals surface area contributed by atoms with Gasteiger partial charge in [-0.3, -0.25) is 0 Å². The maximum atomic E-state index is 5.78. The van der Waals surface area contributed by atoms with E-state index in [2.05, 4.69) is 49.4 Å². The average Bonchev–Trinajstić information content (AvgIpc) is 2.46. The van der Waals surface area contributed by atoms with E-state index in [0.29, 0.717) is 0 Å². The molecular weight excluding hydrogens is 237 g/mol. The van der Waals surface area contributed by atoms with Gasteiger partial charge in [-0.1, -0.05) is 62.9 Å². The van der Waals surface area contributed by atoms with E-state index in [1.165, 1.54) is 36.3 Å². The minimum atomic E-state index is 0. The van der Waals surface area contributed by atoms with Gasteiger partial charge in [-0.05, 0) is 0 Å². The van der Waals surface area contributed by atoms with E-state index in [-0.39, 0.29) is 18.9 Å². The summed E-state index contributed by atoms with van der Waals surface area (Å²) in [6.45, 7) is 2.24. The molecule has 0 radical (unpaired) electrons. The van der Waals surface area contributed by atoms with Crippen molar-refractivity contribution >= 4 is 5.69 Å². The number of nitrogens with two attached hydrogens (primary N) is 1. The van der Waals surface area contributed by atoms with Crippen molar-refractivity contribution < 1.29 is 18.9 Å². The quantitative estimate of drug-likeness (QED) is 0.364. The van der Waals surface area contributed by atoms with Crippen molar-refractivity contribution in [2.45, 2.75) is 32.6 Å². The van der Waals surface area contributed by atoms with Crippen LogP contribution in [0.2, 0.25) is 0 Å². The largest absolute Gasteiger partial charge is 1.00 e. The Hall–Kier alpha value is -1.29. The van der Waals surface area contributed by atoms with E-state index in [4.69, 9.17) is 5.73 Å². The van der Waals surface area contributed by atoms with Crippen LogP contribution in [0.25, 0.3) is 0 Å². The van der Waals surface area contributed by atoms with Crippen molar-refractivity contribution in [2.75, 3.05) is 5.73 Å². The Labute approximate surface area is 134 Å². The minimum absolute atomic E-state index is 0. The molecule has 1 nitrogen and oxygen atoms in total. The summed E-state index contributed by atoms with van der Waals surface area (Å²) >= 11 is 0. The predicted octanol–water partition coefficient (Wildman–Crippen LogP) is 1.82. The summed E-state index contributed by atoms with van der Waals surface area (Å²) in [5.74, 6) is 1.43. The number of benzene rings is 2. The molecule has 0 aliphatic rings. The molecule has 0 saturated heterocycles. The summed E-state index contributed by atoms with van der Waals surface area (Å²) < 4.78 is 0. The van der Waals surface area contributed by atoms with E-state index in [9.17, 15) is 0 Å². The standard InChI is InChI=1S/C18H22N.Li/c1-2-3-5-10-18(15-8-6-4-7-9-15)16-11-13-17(19)14-12-16;/h4,6-9,11-14H,2-3,5,10,19H2,1H3;/q-1;+1. The number of hydrogen-bond donors (Lipinski definition) is 1. The molecule has 2 heteroatoms. The Morgan fingerprint density at radius 3 is 2.05 bits per heavy atom. The topological polar surface area (TPSA) is 26.0 Å². The van der Waals surface area contributed by atoms with Crippen molar-refractivity contribution in [3.8, 4) is 0 Å². The van der Waals surface area contributed by atoms with Gasteiger partial charge >= 0.3 is 18.9 Å². The Balaban J connectivity index is 0.00000200. The molecule has 0 saturated carbocycles. The summed E-state index contributed by atoms with van der Waals surface area (Å²) in [5, 5.41) is 0. The SMILES string of the molecule is CCCCC[C-](c1ccccc1)c1ccc(N)cc1.[Li+]. The number of hydrogen-bond acceptors (Lipinski definition) is 1. The Morgan fingerprint density at radius 1 is 0.850 bits per heavy atom. The molecule has 0 spiro atoms. The second kappa shape index (κ2) is 8.79. The molecule has 0 aliphatic carbocycles. The van der Waals surface area contributed by atoms with Crippen LogP contribution in [0, 0.1) is 5.92 Å². The molecular formula is C18H22LiN. The van der Waals surface area contributed by atoms with Crippen molar-refractivity contribution in [3.63, 3.8) is 0 Å². The third kappa shape index (κ3) is 4.67. The van der Waals surface area contributed by atoms with Crippen molar-refractivity contribution in [3.05, 3.63) is 71.6 Å². The van der Waals surface area contributed by atoms with Crippen LogP contribution in [0.15, 0.2) is 54.6 Å². The van der Waals surface area contributed by atoms with Crippen molar-refractivity contribution in [2.24, 2.45) is 0 Å². The van der Waals surface area contributed by atoms with Crippen LogP contribution < -0.4 is 24.6 Å². The van der Waals surface area contributed by atoms with E-state index in [0.717, 1.165) is 12.1 Å². The molecule has 2 aromatic carbocycles. The van der Waals surface area contributed by atoms with Gasteiger partial charge in [0.25, 0.3) is 0 Å². The molecule has 0 amide bonds. The first-order chi connectivity index (χ1) is 9.31. The van der Waals surface area contributed by atoms with Gasteiger partial charge in [-0.2, -0.15) is 0 Å². The molecule has 0 aliphatic heterocycles. The number of unbranched alkanes of at least 4 members (excludes halogenated alkanes) is 2. The monoisotopic (exact) mass is 259 g/mol. The fourth-order valence-corrected chi connectivity index (χ4v) is 2.33. The summed E-state index contributed by atoms with van der Waals surface area (Å²) in [6, 6.07) is 18.9. The van der Waals surface area contributed by atoms with Crippen LogP contribution in [-0.4, -0.2) is 0 Å². The van der Waals surface area contributed by atoms with E-state index >= 15 is 0 Å². The number of anilines is 1. The van der Waals surface area contributed by atoms with Gasteiger partial charge in [0.15, 0.2) is 0 Å². The first-order valence-electron chi connectivity index (χ1n) is 7.08. The molecule has 0 heterocycles. The molecule has 20 heavy (non-hydrogen) atoms. The second-order valence-electron chi connectivity index (χ2n) is 4.92. The zero-order valence-electron chi connectivity index (χ0n) is 12.6. The normalized spacial score (nSPS) is 9.85. The molecule has 0 unspecified atom stereocenters. The minimum Gasteiger partial charge on any atom is -0.400 e. The van der Waals surface area contributed by atoms with Gasteiger partial charge in [0, 0.05) is 5.69 Å². The summed E-state index contributed by atoms with van der Waals surface area (Å²) in [4.78, 5) is 0. The third-order valence-corrected chi connectivity index (χ3v) is 3.41. The molecule has 2 N–H and O–H groups in total. The van der Waals surface area contributed by atoms with E-state index in [1.807, 2.05) is 12.1 Å². The summed E-state index contributed by atoms with van der Waals surface area (Å²) in [7, 11) is 0. The number of nitrogen functional groups attached to an aromatic ring is 1. The van der Waals surface area contributed by atoms with Crippen LogP contribution >= 0.6 is 0 Å². The maximum absolute atomic E-state index is 5.78. The van der Waals surface area contributed by atoms with Gasteiger partial charge in [0.05, 0.1) is 0 Å². The number of rotatable bonds is 6. The van der Waals surface area contributed by atoms with Crippen LogP contribution in [0.3, 0.4) is 0 Å².